The molecule has 0 aliphatic rings. The quantitative estimate of drug-likeness (QED) is 0.784. The summed E-state index contributed by atoms with van der Waals surface area (Å²) in [6.45, 7) is 4.11. The molecule has 0 saturated heterocycles. The maximum absolute atomic E-state index is 6.29. The number of benzene rings is 1. The van der Waals surface area contributed by atoms with E-state index in [0.29, 0.717) is 5.88 Å². The molecule has 0 fully saturated rings. The Morgan fingerprint density at radius 2 is 2.00 bits per heavy atom. The molecule has 2 aromatic rings. The van der Waals surface area contributed by atoms with E-state index >= 15 is 0 Å². The number of rotatable bonds is 4. The highest BCUT2D eigenvalue weighted by molar-refractivity contribution is 6.31. The van der Waals surface area contributed by atoms with Crippen LogP contribution in [0.2, 0.25) is 5.02 Å². The molecule has 0 aliphatic heterocycles. The molecule has 1 heterocycles. The van der Waals surface area contributed by atoms with Gasteiger partial charge in [-0.1, -0.05) is 29.8 Å². The van der Waals surface area contributed by atoms with Crippen LogP contribution in [0.5, 0.6) is 0 Å². The second-order valence-corrected chi connectivity index (χ2v) is 5.63. The van der Waals surface area contributed by atoms with E-state index < -0.39 is 0 Å². The molecule has 1 unspecified atom stereocenters. The molecule has 0 radical (unpaired) electrons. The Kier molecular flexibility index (Phi) is 4.61. The van der Waals surface area contributed by atoms with Gasteiger partial charge >= 0.3 is 0 Å². The predicted molar refractivity (Wildman–Crippen MR) is 85.8 cm³/mol. The van der Waals surface area contributed by atoms with Crippen LogP contribution in [0.25, 0.3) is 0 Å². The molecule has 0 N–H and O–H groups in total. The molecular formula is C15H19Cl2N3. The van der Waals surface area contributed by atoms with Crippen LogP contribution in [0.4, 0.5) is 5.82 Å². The first-order valence-corrected chi connectivity index (χ1v) is 7.44. The van der Waals surface area contributed by atoms with Gasteiger partial charge in [0, 0.05) is 24.7 Å². The van der Waals surface area contributed by atoms with Gasteiger partial charge in [-0.25, -0.2) is 0 Å². The number of hydrogen-bond acceptors (Lipinski definition) is 2. The van der Waals surface area contributed by atoms with Crippen molar-refractivity contribution in [1.29, 1.82) is 0 Å². The molecule has 5 heteroatoms. The summed E-state index contributed by atoms with van der Waals surface area (Å²) in [6, 6.07) is 8.05. The third-order valence-corrected chi connectivity index (χ3v) is 4.33. The third-order valence-electron chi connectivity index (χ3n) is 3.72. The normalized spacial score (nSPS) is 12.5. The van der Waals surface area contributed by atoms with E-state index in [1.165, 1.54) is 0 Å². The largest absolute Gasteiger partial charge is 0.353 e. The molecule has 3 nitrogen and oxygen atoms in total. The molecule has 20 heavy (non-hydrogen) atoms. The summed E-state index contributed by atoms with van der Waals surface area (Å²) in [5.41, 5.74) is 3.13. The highest BCUT2D eigenvalue weighted by Gasteiger charge is 2.22. The van der Waals surface area contributed by atoms with Gasteiger partial charge in [0.2, 0.25) is 0 Å². The van der Waals surface area contributed by atoms with Crippen molar-refractivity contribution in [3.8, 4) is 0 Å². The second-order valence-electron chi connectivity index (χ2n) is 4.95. The van der Waals surface area contributed by atoms with Crippen LogP contribution in [0.3, 0.4) is 0 Å². The van der Waals surface area contributed by atoms with Gasteiger partial charge in [-0.05, 0) is 25.5 Å². The lowest BCUT2D eigenvalue weighted by Crippen LogP contribution is -2.25. The van der Waals surface area contributed by atoms with Gasteiger partial charge in [-0.2, -0.15) is 5.10 Å². The van der Waals surface area contributed by atoms with Gasteiger partial charge < -0.3 is 4.90 Å². The molecule has 1 atom stereocenters. The molecule has 108 valence electrons. The molecule has 0 aliphatic carbocycles. The van der Waals surface area contributed by atoms with E-state index in [0.717, 1.165) is 27.7 Å². The summed E-state index contributed by atoms with van der Waals surface area (Å²) >= 11 is 12.4. The van der Waals surface area contributed by atoms with E-state index in [9.17, 15) is 0 Å². The average molecular weight is 312 g/mol. The summed E-state index contributed by atoms with van der Waals surface area (Å²) in [4.78, 5) is 2.17. The zero-order valence-electron chi connectivity index (χ0n) is 12.2. The molecule has 0 bridgehead atoms. The minimum absolute atomic E-state index is 0.139. The number of nitrogens with zero attached hydrogens (tertiary/aromatic N) is 3. The molecule has 1 aromatic carbocycles. The first kappa shape index (κ1) is 15.2. The van der Waals surface area contributed by atoms with Crippen molar-refractivity contribution in [2.45, 2.75) is 25.8 Å². The van der Waals surface area contributed by atoms with E-state index in [1.807, 2.05) is 50.0 Å². The van der Waals surface area contributed by atoms with Crippen LogP contribution in [0, 0.1) is 6.92 Å². The highest BCUT2D eigenvalue weighted by atomic mass is 35.5. The van der Waals surface area contributed by atoms with Crippen molar-refractivity contribution in [1.82, 2.24) is 9.78 Å². The Morgan fingerprint density at radius 3 is 2.60 bits per heavy atom. The molecule has 1 aromatic heterocycles. The summed E-state index contributed by atoms with van der Waals surface area (Å²) in [5.74, 6) is 1.49. The first-order chi connectivity index (χ1) is 9.47. The number of anilines is 1. The SMILES string of the molecule is Cc1nn(C)c(N(C)C(C)c2ccccc2Cl)c1CCl. The van der Waals surface area contributed by atoms with Gasteiger partial charge in [-0.3, -0.25) is 4.68 Å². The van der Waals surface area contributed by atoms with E-state index in [1.54, 1.807) is 0 Å². The topological polar surface area (TPSA) is 21.1 Å². The fraction of sp³-hybridized carbons (Fsp3) is 0.400. The van der Waals surface area contributed by atoms with Crippen LogP contribution < -0.4 is 4.90 Å². The Bertz CT molecular complexity index is 607. The van der Waals surface area contributed by atoms with Crippen molar-refractivity contribution in [2.75, 3.05) is 11.9 Å². The lowest BCUT2D eigenvalue weighted by atomic mass is 10.1. The summed E-state index contributed by atoms with van der Waals surface area (Å²) in [7, 11) is 3.98. The van der Waals surface area contributed by atoms with Crippen molar-refractivity contribution >= 4 is 29.0 Å². The Labute approximate surface area is 130 Å². The maximum atomic E-state index is 6.29. The van der Waals surface area contributed by atoms with Crippen molar-refractivity contribution in [3.63, 3.8) is 0 Å². The zero-order chi connectivity index (χ0) is 14.9. The van der Waals surface area contributed by atoms with Gasteiger partial charge in [0.25, 0.3) is 0 Å². The van der Waals surface area contributed by atoms with E-state index in [2.05, 4.69) is 16.9 Å². The predicted octanol–water partition coefficient (Wildman–Crippen LogP) is 4.32. The summed E-state index contributed by atoms with van der Waals surface area (Å²) in [6.07, 6.45) is 0. The molecule has 0 saturated carbocycles. The van der Waals surface area contributed by atoms with Crippen molar-refractivity contribution in [3.05, 3.63) is 46.1 Å². The van der Waals surface area contributed by atoms with Gasteiger partial charge in [0.1, 0.15) is 5.82 Å². The van der Waals surface area contributed by atoms with Crippen molar-refractivity contribution in [2.24, 2.45) is 7.05 Å². The lowest BCUT2D eigenvalue weighted by Gasteiger charge is -2.28. The monoisotopic (exact) mass is 311 g/mol. The van der Waals surface area contributed by atoms with Gasteiger partial charge in [0.05, 0.1) is 17.6 Å². The molecular weight excluding hydrogens is 293 g/mol. The van der Waals surface area contributed by atoms with Crippen molar-refractivity contribution < 1.29 is 0 Å². The summed E-state index contributed by atoms with van der Waals surface area (Å²) < 4.78 is 1.88. The van der Waals surface area contributed by atoms with E-state index in [4.69, 9.17) is 23.2 Å². The molecule has 0 spiro atoms. The minimum Gasteiger partial charge on any atom is -0.353 e. The third kappa shape index (κ3) is 2.65. The summed E-state index contributed by atoms with van der Waals surface area (Å²) in [5, 5.41) is 5.24. The van der Waals surface area contributed by atoms with Crippen LogP contribution >= 0.6 is 23.2 Å². The minimum atomic E-state index is 0.139. The number of aromatic nitrogens is 2. The van der Waals surface area contributed by atoms with Crippen LogP contribution in [0.15, 0.2) is 24.3 Å². The average Bonchev–Trinajstić information content (AvgIpc) is 2.71. The van der Waals surface area contributed by atoms with Crippen LogP contribution in [-0.4, -0.2) is 16.8 Å². The molecule has 2 rings (SSSR count). The number of aryl methyl sites for hydroxylation is 2. The second kappa shape index (κ2) is 6.06. The fourth-order valence-corrected chi connectivity index (χ4v) is 3.10. The van der Waals surface area contributed by atoms with Crippen LogP contribution in [-0.2, 0) is 12.9 Å². The fourth-order valence-electron chi connectivity index (χ4n) is 2.49. The highest BCUT2D eigenvalue weighted by Crippen LogP contribution is 2.33. The lowest BCUT2D eigenvalue weighted by molar-refractivity contribution is 0.672. The Hall–Kier alpha value is -1.19. The smallest absolute Gasteiger partial charge is 0.131 e. The first-order valence-electron chi connectivity index (χ1n) is 6.53. The number of hydrogen-bond donors (Lipinski definition) is 0. The number of alkyl halides is 1. The number of halogens is 2. The van der Waals surface area contributed by atoms with Gasteiger partial charge in [-0.15, -0.1) is 11.6 Å². The zero-order valence-corrected chi connectivity index (χ0v) is 13.7. The Balaban J connectivity index is 2.41. The standard InChI is InChI=1S/C15H19Cl2N3/c1-10-13(9-16)15(20(4)18-10)19(3)11(2)12-7-5-6-8-14(12)17/h5-8,11H,9H2,1-4H3. The van der Waals surface area contributed by atoms with E-state index in [-0.39, 0.29) is 6.04 Å². The molecule has 0 amide bonds. The Morgan fingerprint density at radius 1 is 1.35 bits per heavy atom. The maximum Gasteiger partial charge on any atom is 0.131 e. The van der Waals surface area contributed by atoms with Crippen LogP contribution in [0.1, 0.15) is 29.8 Å². The van der Waals surface area contributed by atoms with Gasteiger partial charge in [0.15, 0.2) is 0 Å².